The molecule has 110 valence electrons. The Bertz CT molecular complexity index is 724. The Morgan fingerprint density at radius 2 is 1.62 bits per heavy atom. The molecule has 0 atom stereocenters. The van der Waals surface area contributed by atoms with Gasteiger partial charge in [-0.15, -0.1) is 0 Å². The molecule has 0 amide bonds. The highest BCUT2D eigenvalue weighted by atomic mass is 32.2. The number of nitrogens with one attached hydrogen (secondary N) is 1. The van der Waals surface area contributed by atoms with Crippen LogP contribution in [0.3, 0.4) is 0 Å². The second kappa shape index (κ2) is 6.00. The van der Waals surface area contributed by atoms with Gasteiger partial charge in [-0.05, 0) is 54.5 Å². The number of rotatable bonds is 4. The lowest BCUT2D eigenvalue weighted by Gasteiger charge is -2.16. The van der Waals surface area contributed by atoms with Crippen LogP contribution in [0.1, 0.15) is 29.5 Å². The van der Waals surface area contributed by atoms with Crippen LogP contribution in [-0.4, -0.2) is 8.42 Å². The number of sulfonamides is 1. The van der Waals surface area contributed by atoms with E-state index in [9.17, 15) is 8.42 Å². The molecule has 0 aromatic heterocycles. The van der Waals surface area contributed by atoms with Crippen molar-refractivity contribution in [2.24, 2.45) is 0 Å². The van der Waals surface area contributed by atoms with Gasteiger partial charge < -0.3 is 0 Å². The molecule has 21 heavy (non-hydrogen) atoms. The fourth-order valence-corrected chi connectivity index (χ4v) is 3.80. The van der Waals surface area contributed by atoms with Crippen LogP contribution >= 0.6 is 0 Å². The zero-order valence-corrected chi connectivity index (χ0v) is 12.7. The van der Waals surface area contributed by atoms with Gasteiger partial charge in [-0.2, -0.15) is 0 Å². The Labute approximate surface area is 126 Å². The van der Waals surface area contributed by atoms with E-state index in [1.807, 2.05) is 42.5 Å². The van der Waals surface area contributed by atoms with E-state index in [1.54, 1.807) is 6.07 Å². The highest BCUT2D eigenvalue weighted by Gasteiger charge is 2.17. The van der Waals surface area contributed by atoms with E-state index >= 15 is 0 Å². The molecule has 1 aliphatic carbocycles. The van der Waals surface area contributed by atoms with Crippen LogP contribution in [0, 0.1) is 0 Å². The third-order valence-corrected chi connectivity index (χ3v) is 5.34. The smallest absolute Gasteiger partial charge is 0.207 e. The van der Waals surface area contributed by atoms with Crippen molar-refractivity contribution in [1.82, 2.24) is 4.72 Å². The maximum atomic E-state index is 12.4. The maximum Gasteiger partial charge on any atom is 0.240 e. The second-order valence-electron chi connectivity index (χ2n) is 5.45. The molecule has 0 aliphatic heterocycles. The molecule has 2 aromatic carbocycles. The SMILES string of the molecule is O=S(=O)(NCc1ccccc1)c1ccc2c(c1)CCCC2. The first-order chi connectivity index (χ1) is 10.1. The summed E-state index contributed by atoms with van der Waals surface area (Å²) in [5, 5.41) is 0. The quantitative estimate of drug-likeness (QED) is 0.943. The minimum absolute atomic E-state index is 0.320. The summed E-state index contributed by atoms with van der Waals surface area (Å²) < 4.78 is 27.4. The van der Waals surface area contributed by atoms with Crippen molar-refractivity contribution in [1.29, 1.82) is 0 Å². The molecule has 0 spiro atoms. The maximum absolute atomic E-state index is 12.4. The van der Waals surface area contributed by atoms with Gasteiger partial charge in [0.15, 0.2) is 0 Å². The average molecular weight is 301 g/mol. The minimum atomic E-state index is -3.44. The lowest BCUT2D eigenvalue weighted by Crippen LogP contribution is -2.23. The topological polar surface area (TPSA) is 46.2 Å². The first-order valence-corrected chi connectivity index (χ1v) is 8.79. The van der Waals surface area contributed by atoms with Crippen molar-refractivity contribution in [3.8, 4) is 0 Å². The number of benzene rings is 2. The largest absolute Gasteiger partial charge is 0.240 e. The molecule has 1 N–H and O–H groups in total. The predicted octanol–water partition coefficient (Wildman–Crippen LogP) is 3.04. The summed E-state index contributed by atoms with van der Waals surface area (Å²) in [6.07, 6.45) is 4.39. The van der Waals surface area contributed by atoms with E-state index in [2.05, 4.69) is 4.72 Å². The van der Waals surface area contributed by atoms with Crippen molar-refractivity contribution in [3.05, 3.63) is 65.2 Å². The molecular weight excluding hydrogens is 282 g/mol. The van der Waals surface area contributed by atoms with E-state index in [1.165, 1.54) is 17.5 Å². The highest BCUT2D eigenvalue weighted by molar-refractivity contribution is 7.89. The molecule has 3 rings (SSSR count). The minimum Gasteiger partial charge on any atom is -0.207 e. The fourth-order valence-electron chi connectivity index (χ4n) is 2.73. The summed E-state index contributed by atoms with van der Waals surface area (Å²) in [7, 11) is -3.44. The molecule has 3 nitrogen and oxygen atoms in total. The second-order valence-corrected chi connectivity index (χ2v) is 7.21. The molecular formula is C17H19NO2S. The number of hydrogen-bond donors (Lipinski definition) is 1. The van der Waals surface area contributed by atoms with Gasteiger partial charge >= 0.3 is 0 Å². The first-order valence-electron chi connectivity index (χ1n) is 7.30. The van der Waals surface area contributed by atoms with Crippen molar-refractivity contribution in [2.75, 3.05) is 0 Å². The zero-order chi connectivity index (χ0) is 14.7. The first kappa shape index (κ1) is 14.3. The normalized spacial score (nSPS) is 14.7. The van der Waals surface area contributed by atoms with Gasteiger partial charge in [0.1, 0.15) is 0 Å². The summed E-state index contributed by atoms with van der Waals surface area (Å²) in [4.78, 5) is 0.374. The third-order valence-electron chi connectivity index (χ3n) is 3.94. The summed E-state index contributed by atoms with van der Waals surface area (Å²) in [5.41, 5.74) is 3.44. The number of fused-ring (bicyclic) bond motifs is 1. The standard InChI is InChI=1S/C17H19NO2S/c19-21(20,18-13-14-6-2-1-3-7-14)17-11-10-15-8-4-5-9-16(15)12-17/h1-3,6-7,10-12,18H,4-5,8-9,13H2. The summed E-state index contributed by atoms with van der Waals surface area (Å²) in [6, 6.07) is 15.1. The van der Waals surface area contributed by atoms with Gasteiger partial charge in [-0.3, -0.25) is 0 Å². The molecule has 0 heterocycles. The van der Waals surface area contributed by atoms with Gasteiger partial charge in [0.05, 0.1) is 4.90 Å². The zero-order valence-electron chi connectivity index (χ0n) is 11.9. The van der Waals surface area contributed by atoms with Crippen LogP contribution in [0.2, 0.25) is 0 Å². The number of hydrogen-bond acceptors (Lipinski definition) is 2. The molecule has 1 aliphatic rings. The predicted molar refractivity (Wildman–Crippen MR) is 83.6 cm³/mol. The van der Waals surface area contributed by atoms with E-state index < -0.39 is 10.0 Å². The van der Waals surface area contributed by atoms with Gasteiger partial charge in [-0.25, -0.2) is 13.1 Å². The van der Waals surface area contributed by atoms with Crippen LogP contribution in [0.4, 0.5) is 0 Å². The fraction of sp³-hybridized carbons (Fsp3) is 0.294. The summed E-state index contributed by atoms with van der Waals surface area (Å²) in [5.74, 6) is 0. The van der Waals surface area contributed by atoms with Crippen LogP contribution in [0.25, 0.3) is 0 Å². The Morgan fingerprint density at radius 3 is 2.38 bits per heavy atom. The Kier molecular flexibility index (Phi) is 4.08. The Hall–Kier alpha value is -1.65. The van der Waals surface area contributed by atoms with Crippen LogP contribution in [0.15, 0.2) is 53.4 Å². The monoisotopic (exact) mass is 301 g/mol. The molecule has 0 saturated heterocycles. The van der Waals surface area contributed by atoms with Gasteiger partial charge in [0.2, 0.25) is 10.0 Å². The lowest BCUT2D eigenvalue weighted by atomic mass is 9.92. The third kappa shape index (κ3) is 3.34. The molecule has 0 saturated carbocycles. The molecule has 4 heteroatoms. The molecule has 0 bridgehead atoms. The van der Waals surface area contributed by atoms with Crippen molar-refractivity contribution >= 4 is 10.0 Å². The van der Waals surface area contributed by atoms with Crippen LogP contribution in [-0.2, 0) is 29.4 Å². The Morgan fingerprint density at radius 1 is 0.905 bits per heavy atom. The van der Waals surface area contributed by atoms with Crippen LogP contribution in [0.5, 0.6) is 0 Å². The summed E-state index contributed by atoms with van der Waals surface area (Å²) in [6.45, 7) is 0.320. The number of aryl methyl sites for hydroxylation is 2. The van der Waals surface area contributed by atoms with Gasteiger partial charge in [0, 0.05) is 6.54 Å². The molecule has 0 fully saturated rings. The molecule has 0 unspecified atom stereocenters. The highest BCUT2D eigenvalue weighted by Crippen LogP contribution is 2.24. The van der Waals surface area contributed by atoms with Crippen molar-refractivity contribution < 1.29 is 8.42 Å². The average Bonchev–Trinajstić information content (AvgIpc) is 2.53. The van der Waals surface area contributed by atoms with Crippen molar-refractivity contribution in [3.63, 3.8) is 0 Å². The molecule has 0 radical (unpaired) electrons. The van der Waals surface area contributed by atoms with Gasteiger partial charge in [-0.1, -0.05) is 36.4 Å². The summed E-state index contributed by atoms with van der Waals surface area (Å²) >= 11 is 0. The van der Waals surface area contributed by atoms with Crippen LogP contribution < -0.4 is 4.72 Å². The van der Waals surface area contributed by atoms with E-state index in [-0.39, 0.29) is 0 Å². The van der Waals surface area contributed by atoms with Gasteiger partial charge in [0.25, 0.3) is 0 Å². The van der Waals surface area contributed by atoms with E-state index in [0.29, 0.717) is 11.4 Å². The van der Waals surface area contributed by atoms with E-state index in [4.69, 9.17) is 0 Å². The Balaban J connectivity index is 1.78. The molecule has 2 aromatic rings. The van der Waals surface area contributed by atoms with E-state index in [0.717, 1.165) is 24.8 Å². The van der Waals surface area contributed by atoms with Crippen molar-refractivity contribution in [2.45, 2.75) is 37.1 Å². The lowest BCUT2D eigenvalue weighted by molar-refractivity contribution is 0.580.